The topological polar surface area (TPSA) is 52.8 Å². The van der Waals surface area contributed by atoms with Crippen molar-refractivity contribution < 1.29 is 4.74 Å². The number of rotatable bonds is 5. The van der Waals surface area contributed by atoms with Crippen molar-refractivity contribution in [2.24, 2.45) is 0 Å². The molecule has 0 fully saturated rings. The number of benzene rings is 5. The summed E-state index contributed by atoms with van der Waals surface area (Å²) in [5.41, 5.74) is 7.41. The van der Waals surface area contributed by atoms with Crippen LogP contribution < -0.4 is 4.74 Å². The Morgan fingerprint density at radius 3 is 2.10 bits per heavy atom. The minimum Gasteiger partial charge on any atom is -0.487 e. The zero-order valence-corrected chi connectivity index (χ0v) is 29.3. The molecule has 52 heavy (non-hydrogen) atoms. The molecular weight excluding hydrogens is 637 g/mol. The van der Waals surface area contributed by atoms with Crippen molar-refractivity contribution in [1.82, 2.24) is 19.5 Å². The van der Waals surface area contributed by atoms with Crippen molar-refractivity contribution in [3.8, 4) is 34.2 Å². The number of allylic oxidation sites excluding steroid dienone is 5. The van der Waals surface area contributed by atoms with Crippen molar-refractivity contribution in [2.75, 3.05) is 0 Å². The lowest BCUT2D eigenvalue weighted by atomic mass is 9.74. The second-order valence-electron chi connectivity index (χ2n) is 14.9. The first-order valence-electron chi connectivity index (χ1n) is 18.2. The summed E-state index contributed by atoms with van der Waals surface area (Å²) in [7, 11) is 0. The summed E-state index contributed by atoms with van der Waals surface area (Å²) in [5.74, 6) is 3.20. The summed E-state index contributed by atoms with van der Waals surface area (Å²) >= 11 is 0. The third-order valence-electron chi connectivity index (χ3n) is 11.4. The fraction of sp³-hybridized carbons (Fsp3) is 0.170. The van der Waals surface area contributed by atoms with Crippen LogP contribution in [-0.4, -0.2) is 25.6 Å². The SMILES string of the molecule is CC1(c2ccc3c4ccccc4n(-c4cccc5c4OC4CC(C)(c6nc(-c7ccccc7)nc(-c7ccccc7)n6)C=CC54)c3c2)C=CC=CC1. The molecule has 10 rings (SSSR count). The molecule has 3 heterocycles. The van der Waals surface area contributed by atoms with Gasteiger partial charge in [0.2, 0.25) is 0 Å². The van der Waals surface area contributed by atoms with Gasteiger partial charge in [0.25, 0.3) is 0 Å². The van der Waals surface area contributed by atoms with Crippen LogP contribution in [0.2, 0.25) is 0 Å². The molecule has 3 aliphatic rings. The van der Waals surface area contributed by atoms with Crippen molar-refractivity contribution >= 4 is 21.8 Å². The molecule has 5 aromatic carbocycles. The molecule has 2 aliphatic carbocycles. The Kier molecular flexibility index (Phi) is 6.94. The Morgan fingerprint density at radius 1 is 0.654 bits per heavy atom. The zero-order valence-electron chi connectivity index (χ0n) is 29.3. The summed E-state index contributed by atoms with van der Waals surface area (Å²) in [6.45, 7) is 4.56. The van der Waals surface area contributed by atoms with Crippen LogP contribution in [0.5, 0.6) is 5.75 Å². The van der Waals surface area contributed by atoms with E-state index in [1.165, 1.54) is 32.9 Å². The molecule has 0 N–H and O–H groups in total. The van der Waals surface area contributed by atoms with E-state index >= 15 is 0 Å². The second kappa shape index (κ2) is 11.7. The van der Waals surface area contributed by atoms with Crippen LogP contribution in [0.25, 0.3) is 50.3 Å². The van der Waals surface area contributed by atoms with Crippen LogP contribution >= 0.6 is 0 Å². The first-order chi connectivity index (χ1) is 25.5. The van der Waals surface area contributed by atoms with Crippen LogP contribution in [0.3, 0.4) is 0 Å². The highest BCUT2D eigenvalue weighted by Gasteiger charge is 2.44. The number of hydrogen-bond donors (Lipinski definition) is 0. The largest absolute Gasteiger partial charge is 0.487 e. The van der Waals surface area contributed by atoms with E-state index < -0.39 is 5.41 Å². The van der Waals surface area contributed by atoms with Gasteiger partial charge in [-0.05, 0) is 37.1 Å². The van der Waals surface area contributed by atoms with Crippen molar-refractivity contribution in [3.63, 3.8) is 0 Å². The highest BCUT2D eigenvalue weighted by atomic mass is 16.5. The van der Waals surface area contributed by atoms with E-state index in [2.05, 4.69) is 140 Å². The van der Waals surface area contributed by atoms with Gasteiger partial charge in [0, 0.05) is 50.6 Å². The number of hydrogen-bond acceptors (Lipinski definition) is 4. The number of para-hydroxylation sites is 2. The van der Waals surface area contributed by atoms with Crippen LogP contribution in [0.1, 0.15) is 49.6 Å². The fourth-order valence-electron chi connectivity index (χ4n) is 8.49. The maximum Gasteiger partial charge on any atom is 0.163 e. The van der Waals surface area contributed by atoms with Gasteiger partial charge < -0.3 is 9.30 Å². The molecule has 2 aromatic heterocycles. The molecule has 5 heteroatoms. The van der Waals surface area contributed by atoms with Crippen molar-refractivity contribution in [2.45, 2.75) is 49.5 Å². The van der Waals surface area contributed by atoms with E-state index in [0.717, 1.165) is 41.2 Å². The van der Waals surface area contributed by atoms with Crippen LogP contribution in [0.15, 0.2) is 158 Å². The average Bonchev–Trinajstić information content (AvgIpc) is 3.73. The molecule has 252 valence electrons. The lowest BCUT2D eigenvalue weighted by Crippen LogP contribution is -2.35. The number of nitrogens with zero attached hydrogens (tertiary/aromatic N) is 4. The molecule has 0 saturated heterocycles. The van der Waals surface area contributed by atoms with Gasteiger partial charge in [0.1, 0.15) is 17.7 Å². The summed E-state index contributed by atoms with van der Waals surface area (Å²) < 4.78 is 9.53. The second-order valence-corrected chi connectivity index (χ2v) is 14.9. The molecular formula is C47H38N4O. The van der Waals surface area contributed by atoms with Crippen LogP contribution in [0.4, 0.5) is 0 Å². The Bertz CT molecular complexity index is 2540. The van der Waals surface area contributed by atoms with E-state index in [-0.39, 0.29) is 17.4 Å². The minimum atomic E-state index is -0.460. The van der Waals surface area contributed by atoms with E-state index in [4.69, 9.17) is 19.7 Å². The number of ether oxygens (including phenoxy) is 1. The zero-order chi connectivity index (χ0) is 34.9. The lowest BCUT2D eigenvalue weighted by molar-refractivity contribution is 0.174. The van der Waals surface area contributed by atoms with Gasteiger partial charge in [-0.15, -0.1) is 0 Å². The van der Waals surface area contributed by atoms with E-state index in [0.29, 0.717) is 11.6 Å². The normalized spacial score (nSPS) is 23.1. The van der Waals surface area contributed by atoms with Gasteiger partial charge in [0.05, 0.1) is 16.7 Å². The van der Waals surface area contributed by atoms with Gasteiger partial charge in [-0.25, -0.2) is 15.0 Å². The summed E-state index contributed by atoms with van der Waals surface area (Å²) in [6.07, 6.45) is 15.2. The predicted molar refractivity (Wildman–Crippen MR) is 210 cm³/mol. The van der Waals surface area contributed by atoms with Crippen LogP contribution in [-0.2, 0) is 10.8 Å². The molecule has 0 radical (unpaired) electrons. The number of aromatic nitrogens is 4. The first kappa shape index (κ1) is 30.7. The fourth-order valence-corrected chi connectivity index (χ4v) is 8.49. The van der Waals surface area contributed by atoms with Gasteiger partial charge >= 0.3 is 0 Å². The molecule has 0 bridgehead atoms. The third-order valence-corrected chi connectivity index (χ3v) is 11.4. The first-order valence-corrected chi connectivity index (χ1v) is 18.2. The molecule has 0 saturated carbocycles. The molecule has 7 aromatic rings. The van der Waals surface area contributed by atoms with E-state index in [1.807, 2.05) is 36.4 Å². The Morgan fingerprint density at radius 2 is 1.37 bits per heavy atom. The molecule has 0 amide bonds. The van der Waals surface area contributed by atoms with Gasteiger partial charge in [-0.3, -0.25) is 0 Å². The summed E-state index contributed by atoms with van der Waals surface area (Å²) in [6, 6.07) is 42.7. The van der Waals surface area contributed by atoms with E-state index in [1.54, 1.807) is 0 Å². The maximum absolute atomic E-state index is 7.11. The highest BCUT2D eigenvalue weighted by Crippen LogP contribution is 2.51. The molecule has 4 atom stereocenters. The third kappa shape index (κ3) is 4.87. The lowest BCUT2D eigenvalue weighted by Gasteiger charge is -2.33. The number of fused-ring (bicyclic) bond motifs is 6. The molecule has 5 nitrogen and oxygen atoms in total. The molecule has 1 aliphatic heterocycles. The standard InChI is InChI=1S/C47H38N4O/c1-46(26-12-5-13-27-46)33-23-24-35-34-19-10-11-21-38(34)51(40(35)29-33)39-22-14-20-37-36-25-28-47(2,30-41(36)52-42(37)39)45-49-43(31-15-6-3-7-16-31)48-44(50-45)32-17-8-4-9-18-32/h3-26,28-29,36,41H,27,30H2,1-2H3. The maximum atomic E-state index is 7.11. The van der Waals surface area contributed by atoms with Gasteiger partial charge in [0.15, 0.2) is 11.6 Å². The molecule has 0 spiro atoms. The predicted octanol–water partition coefficient (Wildman–Crippen LogP) is 10.8. The Labute approximate surface area is 303 Å². The molecule has 4 unspecified atom stereocenters. The minimum absolute atomic E-state index is 0.0562. The van der Waals surface area contributed by atoms with Crippen LogP contribution in [0, 0.1) is 0 Å². The monoisotopic (exact) mass is 674 g/mol. The smallest absolute Gasteiger partial charge is 0.163 e. The highest BCUT2D eigenvalue weighted by molar-refractivity contribution is 6.09. The van der Waals surface area contributed by atoms with E-state index in [9.17, 15) is 0 Å². The average molecular weight is 675 g/mol. The Hall–Kier alpha value is -6.07. The Balaban J connectivity index is 1.06. The quantitative estimate of drug-likeness (QED) is 0.171. The van der Waals surface area contributed by atoms with Crippen molar-refractivity contribution in [3.05, 3.63) is 175 Å². The van der Waals surface area contributed by atoms with Crippen molar-refractivity contribution in [1.29, 1.82) is 0 Å². The summed E-state index contributed by atoms with van der Waals surface area (Å²) in [5, 5.41) is 2.49. The van der Waals surface area contributed by atoms with Gasteiger partial charge in [-0.2, -0.15) is 0 Å². The summed E-state index contributed by atoms with van der Waals surface area (Å²) in [4.78, 5) is 15.2. The van der Waals surface area contributed by atoms with Gasteiger partial charge in [-0.1, -0.05) is 147 Å².